The minimum absolute atomic E-state index is 0.145. The molecule has 2 heterocycles. The molecule has 2 aliphatic rings. The van der Waals surface area contributed by atoms with E-state index in [1.807, 2.05) is 117 Å². The van der Waals surface area contributed by atoms with Crippen LogP contribution in [0.25, 0.3) is 11.3 Å². The van der Waals surface area contributed by atoms with E-state index in [-0.39, 0.29) is 18.6 Å². The van der Waals surface area contributed by atoms with Crippen molar-refractivity contribution in [2.75, 3.05) is 54.5 Å². The van der Waals surface area contributed by atoms with E-state index in [1.165, 1.54) is 0 Å². The van der Waals surface area contributed by atoms with Gasteiger partial charge in [0.2, 0.25) is 0 Å². The standard InChI is InChI=1S/C37H52N4O5/c1-14-16-27(15-2)39(12)33-29-21-28(25(3)17-18-38(10)11)31(44-13)22-32(29)45-23-30(33)26(4)34(42)41-20-19-40(24-37(41,8)9)35(43)46-36(5,6)7/h14-18,21-22H,3-4,19-20,23-24H2,1-2,5-13H3/b16-14-,18-17-,27-15+. The lowest BCUT2D eigenvalue weighted by molar-refractivity contribution is -0.135. The van der Waals surface area contributed by atoms with Gasteiger partial charge in [-0.15, -0.1) is 0 Å². The Morgan fingerprint density at radius 1 is 1.07 bits per heavy atom. The highest BCUT2D eigenvalue weighted by Crippen LogP contribution is 2.44. The summed E-state index contributed by atoms with van der Waals surface area (Å²) in [6, 6.07) is 3.88. The van der Waals surface area contributed by atoms with Crippen molar-refractivity contribution in [1.82, 2.24) is 19.6 Å². The van der Waals surface area contributed by atoms with Gasteiger partial charge in [-0.2, -0.15) is 0 Å². The van der Waals surface area contributed by atoms with Gasteiger partial charge in [0.15, 0.2) is 0 Å². The number of amides is 2. The summed E-state index contributed by atoms with van der Waals surface area (Å²) in [7, 11) is 7.50. The van der Waals surface area contributed by atoms with Gasteiger partial charge in [-0.05, 0) is 78.5 Å². The van der Waals surface area contributed by atoms with Crippen LogP contribution in [0.15, 0.2) is 72.6 Å². The Morgan fingerprint density at radius 3 is 2.28 bits per heavy atom. The molecule has 1 aromatic rings. The molecule has 1 saturated heterocycles. The van der Waals surface area contributed by atoms with Crippen molar-refractivity contribution in [1.29, 1.82) is 0 Å². The van der Waals surface area contributed by atoms with Crippen LogP contribution < -0.4 is 9.47 Å². The van der Waals surface area contributed by atoms with Gasteiger partial charge in [-0.1, -0.05) is 25.3 Å². The first-order valence-electron chi connectivity index (χ1n) is 15.6. The molecular weight excluding hydrogens is 580 g/mol. The van der Waals surface area contributed by atoms with E-state index in [0.717, 1.165) is 28.1 Å². The quantitative estimate of drug-likeness (QED) is 0.221. The van der Waals surface area contributed by atoms with E-state index in [9.17, 15) is 9.59 Å². The van der Waals surface area contributed by atoms with Crippen LogP contribution in [0, 0.1) is 0 Å². The van der Waals surface area contributed by atoms with Gasteiger partial charge < -0.3 is 33.8 Å². The topological polar surface area (TPSA) is 74.8 Å². The molecule has 2 amide bonds. The second kappa shape index (κ2) is 14.4. The van der Waals surface area contributed by atoms with Gasteiger partial charge in [0, 0.05) is 74.8 Å². The van der Waals surface area contributed by atoms with Gasteiger partial charge in [0.25, 0.3) is 5.91 Å². The molecule has 0 saturated carbocycles. The van der Waals surface area contributed by atoms with Crippen molar-refractivity contribution < 1.29 is 23.8 Å². The molecule has 0 aromatic heterocycles. The number of piperazine rings is 1. The molecule has 0 bridgehead atoms. The van der Waals surface area contributed by atoms with Gasteiger partial charge in [-0.25, -0.2) is 4.79 Å². The Bertz CT molecular complexity index is 1490. The molecule has 1 aromatic carbocycles. The second-order valence-corrected chi connectivity index (χ2v) is 13.4. The molecular formula is C37H52N4O5. The predicted octanol–water partition coefficient (Wildman–Crippen LogP) is 6.71. The molecule has 2 aliphatic heterocycles. The van der Waals surface area contributed by atoms with Gasteiger partial charge >= 0.3 is 6.09 Å². The minimum atomic E-state index is -0.661. The molecule has 9 nitrogen and oxygen atoms in total. The van der Waals surface area contributed by atoms with Gasteiger partial charge in [0.05, 0.1) is 18.3 Å². The van der Waals surface area contributed by atoms with Crippen molar-refractivity contribution in [3.63, 3.8) is 0 Å². The SMILES string of the molecule is C=C(C(=O)N1CCN(C(=O)OC(C)(C)C)CC1(C)C)C1=C(N(C)C(/C=C\C)=C/C)c2cc(C(=C)/C=C\N(C)C)c(OC)cc2OC1. The Hall–Kier alpha value is -4.40. The molecule has 250 valence electrons. The summed E-state index contributed by atoms with van der Waals surface area (Å²) < 4.78 is 17.7. The normalized spacial score (nSPS) is 16.7. The minimum Gasteiger partial charge on any atom is -0.496 e. The van der Waals surface area contributed by atoms with Crippen molar-refractivity contribution in [2.45, 2.75) is 59.6 Å². The lowest BCUT2D eigenvalue weighted by Crippen LogP contribution is -2.62. The Balaban J connectivity index is 2.12. The highest BCUT2D eigenvalue weighted by molar-refractivity contribution is 6.01. The summed E-state index contributed by atoms with van der Waals surface area (Å²) in [4.78, 5) is 34.6. The van der Waals surface area contributed by atoms with Crippen LogP contribution in [0.5, 0.6) is 11.5 Å². The number of likely N-dealkylation sites (N-methyl/N-ethyl adjacent to an activating group) is 1. The number of carbonyl (C=O) groups excluding carboxylic acids is 2. The van der Waals surface area contributed by atoms with Crippen LogP contribution >= 0.6 is 0 Å². The fourth-order valence-electron chi connectivity index (χ4n) is 5.62. The number of allylic oxidation sites excluding steroid dienone is 5. The van der Waals surface area contributed by atoms with Gasteiger partial charge in [-0.3, -0.25) is 4.79 Å². The smallest absolute Gasteiger partial charge is 0.410 e. The summed E-state index contributed by atoms with van der Waals surface area (Å²) in [5.41, 5.74) is 3.87. The molecule has 46 heavy (non-hydrogen) atoms. The molecule has 0 unspecified atom stereocenters. The number of nitrogens with zero attached hydrogens (tertiary/aromatic N) is 4. The summed E-state index contributed by atoms with van der Waals surface area (Å²) >= 11 is 0. The van der Waals surface area contributed by atoms with Crippen LogP contribution in [0.2, 0.25) is 0 Å². The largest absolute Gasteiger partial charge is 0.496 e. The average molecular weight is 633 g/mol. The number of benzene rings is 1. The average Bonchev–Trinajstić information content (AvgIpc) is 2.98. The van der Waals surface area contributed by atoms with Crippen LogP contribution in [-0.2, 0) is 9.53 Å². The Labute approximate surface area is 275 Å². The van der Waals surface area contributed by atoms with E-state index < -0.39 is 11.1 Å². The van der Waals surface area contributed by atoms with E-state index in [1.54, 1.807) is 16.9 Å². The number of ether oxygens (including phenoxy) is 3. The number of hydrogen-bond donors (Lipinski definition) is 0. The second-order valence-electron chi connectivity index (χ2n) is 13.4. The first-order valence-corrected chi connectivity index (χ1v) is 15.6. The zero-order chi connectivity index (χ0) is 34.6. The lowest BCUT2D eigenvalue weighted by atomic mass is 9.91. The number of methoxy groups -OCH3 is 1. The van der Waals surface area contributed by atoms with E-state index >= 15 is 0 Å². The molecule has 0 radical (unpaired) electrons. The van der Waals surface area contributed by atoms with Crippen LogP contribution in [-0.4, -0.2) is 97.2 Å². The summed E-state index contributed by atoms with van der Waals surface area (Å²) in [6.07, 6.45) is 9.50. The first-order chi connectivity index (χ1) is 21.4. The third kappa shape index (κ3) is 8.05. The van der Waals surface area contributed by atoms with Crippen molar-refractivity contribution in [3.8, 4) is 11.5 Å². The molecule has 0 spiro atoms. The van der Waals surface area contributed by atoms with Crippen LogP contribution in [0.1, 0.15) is 59.6 Å². The molecule has 3 rings (SSSR count). The first kappa shape index (κ1) is 36.1. The summed E-state index contributed by atoms with van der Waals surface area (Å²) in [5, 5.41) is 0. The molecule has 0 N–H and O–H groups in total. The highest BCUT2D eigenvalue weighted by atomic mass is 16.6. The van der Waals surface area contributed by atoms with E-state index in [2.05, 4.69) is 18.1 Å². The van der Waals surface area contributed by atoms with Gasteiger partial charge in [0.1, 0.15) is 23.7 Å². The third-order valence-corrected chi connectivity index (χ3v) is 7.91. The predicted molar refractivity (Wildman–Crippen MR) is 186 cm³/mol. The number of hydrogen-bond acceptors (Lipinski definition) is 7. The zero-order valence-electron chi connectivity index (χ0n) is 29.6. The fraction of sp³-hybridized carbons (Fsp3) is 0.459. The van der Waals surface area contributed by atoms with E-state index in [4.69, 9.17) is 14.2 Å². The Morgan fingerprint density at radius 2 is 1.74 bits per heavy atom. The zero-order valence-corrected chi connectivity index (χ0v) is 29.6. The third-order valence-electron chi connectivity index (χ3n) is 7.91. The number of carbonyl (C=O) groups is 2. The lowest BCUT2D eigenvalue weighted by Gasteiger charge is -2.47. The monoisotopic (exact) mass is 632 g/mol. The summed E-state index contributed by atoms with van der Waals surface area (Å²) in [5.74, 6) is 1.07. The fourth-order valence-corrected chi connectivity index (χ4v) is 5.62. The summed E-state index contributed by atoms with van der Waals surface area (Å²) in [6.45, 7) is 23.2. The van der Waals surface area contributed by atoms with E-state index in [0.29, 0.717) is 42.3 Å². The van der Waals surface area contributed by atoms with Crippen molar-refractivity contribution in [3.05, 3.63) is 83.8 Å². The van der Waals surface area contributed by atoms with Crippen molar-refractivity contribution >= 4 is 23.3 Å². The Kier molecular flexibility index (Phi) is 11.3. The number of rotatable bonds is 9. The van der Waals surface area contributed by atoms with Crippen molar-refractivity contribution in [2.24, 2.45) is 0 Å². The number of fused-ring (bicyclic) bond motifs is 1. The maximum absolute atomic E-state index is 14.3. The highest BCUT2D eigenvalue weighted by Gasteiger charge is 2.41. The van der Waals surface area contributed by atoms with Crippen LogP contribution in [0.4, 0.5) is 4.79 Å². The van der Waals surface area contributed by atoms with Crippen LogP contribution in [0.3, 0.4) is 0 Å². The molecule has 9 heteroatoms. The molecule has 0 aliphatic carbocycles. The molecule has 0 atom stereocenters. The maximum Gasteiger partial charge on any atom is 0.410 e. The maximum atomic E-state index is 14.3. The molecule has 1 fully saturated rings.